The Morgan fingerprint density at radius 3 is 2.37 bits per heavy atom. The Morgan fingerprint density at radius 1 is 1.12 bits per heavy atom. The summed E-state index contributed by atoms with van der Waals surface area (Å²) in [5.41, 5.74) is -2.10. The molecule has 2 aromatic rings. The van der Waals surface area contributed by atoms with E-state index >= 15 is 4.39 Å². The molecule has 2 aliphatic carbocycles. The van der Waals surface area contributed by atoms with Crippen LogP contribution in [-0.2, 0) is 16.2 Å². The molecule has 0 radical (unpaired) electrons. The van der Waals surface area contributed by atoms with Crippen molar-refractivity contribution < 1.29 is 39.9 Å². The molecule has 0 spiro atoms. The van der Waals surface area contributed by atoms with Crippen molar-refractivity contribution in [3.05, 3.63) is 63.4 Å². The largest absolute Gasteiger partial charge is 0.490 e. The van der Waals surface area contributed by atoms with Crippen molar-refractivity contribution in [3.8, 4) is 5.75 Å². The molecule has 1 saturated heterocycles. The van der Waals surface area contributed by atoms with Crippen LogP contribution in [0.3, 0.4) is 0 Å². The molecule has 3 aliphatic rings. The van der Waals surface area contributed by atoms with E-state index in [-0.39, 0.29) is 49.2 Å². The number of hydrogen-bond donors (Lipinski definition) is 1. The van der Waals surface area contributed by atoms with Crippen molar-refractivity contribution in [3.63, 3.8) is 0 Å². The first-order chi connectivity index (χ1) is 19.1. The van der Waals surface area contributed by atoms with Gasteiger partial charge in [0, 0.05) is 30.2 Å². The van der Waals surface area contributed by atoms with Gasteiger partial charge in [0.1, 0.15) is 23.8 Å². The molecule has 41 heavy (non-hydrogen) atoms. The minimum Gasteiger partial charge on any atom is -0.490 e. The molecule has 0 aromatic heterocycles. The van der Waals surface area contributed by atoms with Crippen LogP contribution in [0.5, 0.6) is 5.75 Å². The molecule has 1 amide bonds. The quantitative estimate of drug-likeness (QED) is 0.322. The summed E-state index contributed by atoms with van der Waals surface area (Å²) in [4.78, 5) is 14.4. The molecular weight excluding hydrogens is 591 g/mol. The second-order valence-electron chi connectivity index (χ2n) is 11.2. The van der Waals surface area contributed by atoms with Crippen LogP contribution in [0.15, 0.2) is 30.3 Å². The summed E-state index contributed by atoms with van der Waals surface area (Å²) in [6, 6.07) is 5.25. The normalized spacial score (nSPS) is 20.5. The van der Waals surface area contributed by atoms with Gasteiger partial charge in [0.25, 0.3) is 5.91 Å². The van der Waals surface area contributed by atoms with E-state index in [2.05, 4.69) is 0 Å². The predicted molar refractivity (Wildman–Crippen MR) is 143 cm³/mol. The van der Waals surface area contributed by atoms with Gasteiger partial charge in [-0.05, 0) is 86.8 Å². The number of sulfonamides is 1. The number of halogens is 6. The first-order valence-electron chi connectivity index (χ1n) is 13.5. The maximum absolute atomic E-state index is 15.8. The van der Waals surface area contributed by atoms with Gasteiger partial charge in [0.05, 0.1) is 16.4 Å². The van der Waals surface area contributed by atoms with E-state index in [1.165, 1.54) is 12.1 Å². The highest BCUT2D eigenvalue weighted by Crippen LogP contribution is 2.46. The average Bonchev–Trinajstić information content (AvgIpc) is 3.79. The van der Waals surface area contributed by atoms with Crippen molar-refractivity contribution in [2.24, 2.45) is 0 Å². The average molecular weight is 621 g/mol. The zero-order valence-electron chi connectivity index (χ0n) is 22.2. The fraction of sp³-hybridized carbons (Fsp3) is 0.536. The summed E-state index contributed by atoms with van der Waals surface area (Å²) < 4.78 is 102. The van der Waals surface area contributed by atoms with Gasteiger partial charge in [0.2, 0.25) is 10.0 Å². The van der Waals surface area contributed by atoms with Crippen LogP contribution < -0.4 is 9.46 Å². The molecule has 5 rings (SSSR count). The van der Waals surface area contributed by atoms with Crippen molar-refractivity contribution in [1.82, 2.24) is 9.62 Å². The number of rotatable bonds is 9. The number of piperidine rings is 1. The lowest BCUT2D eigenvalue weighted by Gasteiger charge is -2.39. The van der Waals surface area contributed by atoms with Gasteiger partial charge < -0.3 is 4.74 Å². The summed E-state index contributed by atoms with van der Waals surface area (Å²) in [5, 5.41) is -0.670. The first kappa shape index (κ1) is 30.0. The van der Waals surface area contributed by atoms with Crippen LogP contribution in [0.25, 0.3) is 0 Å². The number of nitrogens with one attached hydrogen (secondary N) is 1. The maximum Gasteiger partial charge on any atom is 0.416 e. The van der Waals surface area contributed by atoms with E-state index in [9.17, 15) is 30.8 Å². The number of alkyl halides is 4. The van der Waals surface area contributed by atoms with Crippen molar-refractivity contribution in [2.75, 3.05) is 19.7 Å². The van der Waals surface area contributed by atoms with Crippen LogP contribution in [0.1, 0.15) is 84.5 Å². The molecule has 2 aromatic carbocycles. The zero-order chi connectivity index (χ0) is 29.7. The summed E-state index contributed by atoms with van der Waals surface area (Å²) in [6.45, 7) is 1.89. The fourth-order valence-electron chi connectivity index (χ4n) is 5.12. The Balaban J connectivity index is 1.23. The summed E-state index contributed by atoms with van der Waals surface area (Å²) >= 11 is 5.93. The van der Waals surface area contributed by atoms with Crippen molar-refractivity contribution >= 4 is 27.5 Å². The molecule has 1 N–H and O–H groups in total. The summed E-state index contributed by atoms with van der Waals surface area (Å²) in [6.07, 6.45) is -2.00. The predicted octanol–water partition coefficient (Wildman–Crippen LogP) is 6.54. The van der Waals surface area contributed by atoms with E-state index < -0.39 is 56.0 Å². The number of benzene rings is 2. The molecule has 224 valence electrons. The molecule has 6 nitrogen and oxygen atoms in total. The number of nitrogens with zero attached hydrogens (tertiary/aromatic N) is 1. The Kier molecular flexibility index (Phi) is 8.06. The lowest BCUT2D eigenvalue weighted by Crippen LogP contribution is -2.45. The number of carbonyl (C=O) groups excluding carboxylic acids is 1. The maximum atomic E-state index is 15.8. The highest BCUT2D eigenvalue weighted by atomic mass is 35.5. The van der Waals surface area contributed by atoms with E-state index in [0.29, 0.717) is 24.0 Å². The van der Waals surface area contributed by atoms with Crippen LogP contribution in [-0.4, -0.2) is 49.8 Å². The highest BCUT2D eigenvalue weighted by Gasteiger charge is 2.40. The molecule has 1 heterocycles. The number of carbonyl (C=O) groups is 1. The van der Waals surface area contributed by atoms with Gasteiger partial charge in [-0.2, -0.15) is 13.2 Å². The summed E-state index contributed by atoms with van der Waals surface area (Å²) in [7, 11) is -3.86. The van der Waals surface area contributed by atoms with E-state index in [0.717, 1.165) is 31.0 Å². The van der Waals surface area contributed by atoms with E-state index in [1.54, 1.807) is 6.92 Å². The number of hydrogen-bond acceptors (Lipinski definition) is 5. The topological polar surface area (TPSA) is 75.7 Å². The molecular formula is C28H30ClF5N2O4S. The number of amides is 1. The molecule has 0 bridgehead atoms. The number of likely N-dealkylation sites (tertiary alicyclic amines) is 1. The van der Waals surface area contributed by atoms with Gasteiger partial charge in [-0.15, -0.1) is 0 Å². The second-order valence-corrected chi connectivity index (χ2v) is 13.6. The molecule has 0 unspecified atom stereocenters. The Hall–Kier alpha value is -2.44. The summed E-state index contributed by atoms with van der Waals surface area (Å²) in [5.74, 6) is -1.91. The SMILES string of the molecule is C[C@@H](c1cc(Cl)cc(C(F)(F)F)c1)N1CCC(F)(COc2cc(F)c(C(=O)NS(=O)(=O)C3CC3)cc2C2CC2)CC1. The van der Waals surface area contributed by atoms with Gasteiger partial charge in [-0.1, -0.05) is 11.6 Å². The molecule has 13 heteroatoms. The third-order valence-electron chi connectivity index (χ3n) is 8.02. The van der Waals surface area contributed by atoms with Crippen LogP contribution in [0.2, 0.25) is 5.02 Å². The molecule has 3 fully saturated rings. The fourth-order valence-corrected chi connectivity index (χ4v) is 6.66. The highest BCUT2D eigenvalue weighted by molar-refractivity contribution is 7.91. The minimum absolute atomic E-state index is 0.00488. The lowest BCUT2D eigenvalue weighted by atomic mass is 9.92. The zero-order valence-corrected chi connectivity index (χ0v) is 23.8. The Labute approximate surface area is 240 Å². The minimum atomic E-state index is -4.54. The van der Waals surface area contributed by atoms with Crippen LogP contribution >= 0.6 is 11.6 Å². The van der Waals surface area contributed by atoms with Crippen molar-refractivity contribution in [1.29, 1.82) is 0 Å². The van der Waals surface area contributed by atoms with Gasteiger partial charge in [-0.3, -0.25) is 9.69 Å². The van der Waals surface area contributed by atoms with Crippen molar-refractivity contribution in [2.45, 2.75) is 74.5 Å². The Bertz CT molecular complexity index is 1440. The van der Waals surface area contributed by atoms with E-state index in [1.807, 2.05) is 9.62 Å². The third kappa shape index (κ3) is 6.97. The Morgan fingerprint density at radius 2 is 1.78 bits per heavy atom. The third-order valence-corrected chi connectivity index (χ3v) is 10.1. The molecule has 1 atom stereocenters. The lowest BCUT2D eigenvalue weighted by molar-refractivity contribution is -0.137. The molecule has 1 aliphatic heterocycles. The first-order valence-corrected chi connectivity index (χ1v) is 15.4. The van der Waals surface area contributed by atoms with Crippen LogP contribution in [0, 0.1) is 5.82 Å². The van der Waals surface area contributed by atoms with Gasteiger partial charge in [0.15, 0.2) is 0 Å². The van der Waals surface area contributed by atoms with E-state index in [4.69, 9.17) is 16.3 Å². The number of ether oxygens (including phenoxy) is 1. The van der Waals surface area contributed by atoms with Gasteiger partial charge in [-0.25, -0.2) is 21.9 Å². The second kappa shape index (κ2) is 11.0. The van der Waals surface area contributed by atoms with Gasteiger partial charge >= 0.3 is 6.18 Å². The monoisotopic (exact) mass is 620 g/mol. The standard InChI is InChI=1S/C28H30ClF5N2O4S/c1-16(18-10-19(28(32,33)34)12-20(29)11-18)36-8-6-27(31,7-9-36)15-40-25-14-24(30)23(13-22(25)17-2-3-17)26(37)35-41(38,39)21-4-5-21/h10-14,16-17,21H,2-9,15H2,1H3,(H,35,37)/t16-/m0/s1. The molecule has 2 saturated carbocycles. The van der Waals surface area contributed by atoms with Crippen LogP contribution in [0.4, 0.5) is 22.0 Å². The smallest absolute Gasteiger partial charge is 0.416 e.